The molecule has 1 saturated heterocycles. The quantitative estimate of drug-likeness (QED) is 0.175. The van der Waals surface area contributed by atoms with Gasteiger partial charge in [-0.3, -0.25) is 4.79 Å². The van der Waals surface area contributed by atoms with E-state index in [0.29, 0.717) is 57.5 Å². The summed E-state index contributed by atoms with van der Waals surface area (Å²) >= 11 is 1.35. The van der Waals surface area contributed by atoms with Crippen molar-refractivity contribution in [2.75, 3.05) is 34.5 Å². The summed E-state index contributed by atoms with van der Waals surface area (Å²) < 4.78 is 30.8. The molecule has 1 fully saturated rings. The van der Waals surface area contributed by atoms with Gasteiger partial charge in [-0.2, -0.15) is 0 Å². The van der Waals surface area contributed by atoms with Crippen LogP contribution in [0.3, 0.4) is 0 Å². The van der Waals surface area contributed by atoms with E-state index < -0.39 is 0 Å². The maximum atomic E-state index is 13.6. The van der Waals surface area contributed by atoms with E-state index in [2.05, 4.69) is 10.1 Å². The lowest BCUT2D eigenvalue weighted by Gasteiger charge is -2.31. The van der Waals surface area contributed by atoms with Crippen LogP contribution in [-0.2, 0) is 11.3 Å². The summed E-state index contributed by atoms with van der Waals surface area (Å²) in [6.45, 7) is 1.55. The van der Waals surface area contributed by atoms with Crippen molar-refractivity contribution in [1.29, 1.82) is 0 Å². The fourth-order valence-electron chi connectivity index (χ4n) is 5.66. The monoisotopic (exact) mass is 624 g/mol. The van der Waals surface area contributed by atoms with Gasteiger partial charge in [0.1, 0.15) is 29.4 Å². The maximum Gasteiger partial charge on any atom is 0.294 e. The van der Waals surface area contributed by atoms with E-state index in [0.717, 1.165) is 34.9 Å². The number of hydrogen-bond acceptors (Lipinski definition) is 9. The Morgan fingerprint density at radius 1 is 1.04 bits per heavy atom. The zero-order valence-electron chi connectivity index (χ0n) is 25.2. The molecule has 0 atom stereocenters. The Morgan fingerprint density at radius 2 is 1.87 bits per heavy atom. The number of furan rings is 1. The van der Waals surface area contributed by atoms with Crippen molar-refractivity contribution in [1.82, 2.24) is 19.5 Å². The van der Waals surface area contributed by atoms with Gasteiger partial charge >= 0.3 is 0 Å². The highest BCUT2D eigenvalue weighted by atomic mass is 32.1. The Labute approximate surface area is 263 Å². The van der Waals surface area contributed by atoms with Crippen molar-refractivity contribution in [3.05, 3.63) is 84.1 Å². The van der Waals surface area contributed by atoms with Crippen molar-refractivity contribution in [3.8, 4) is 39.3 Å². The smallest absolute Gasteiger partial charge is 0.294 e. The summed E-state index contributed by atoms with van der Waals surface area (Å²) in [4.78, 5) is 20.8. The number of methoxy groups -OCH3 is 2. The molecule has 4 heterocycles. The molecule has 0 N–H and O–H groups in total. The highest BCUT2D eigenvalue weighted by Gasteiger charge is 2.24. The van der Waals surface area contributed by atoms with Gasteiger partial charge in [0.2, 0.25) is 4.96 Å². The molecule has 0 radical (unpaired) electrons. The number of benzene rings is 3. The molecule has 1 aliphatic rings. The summed E-state index contributed by atoms with van der Waals surface area (Å²) in [6, 6.07) is 21.6. The van der Waals surface area contributed by atoms with Crippen LogP contribution in [0.25, 0.3) is 38.5 Å². The first-order valence-electron chi connectivity index (χ1n) is 14.7. The SMILES string of the molecule is COc1cc(COc2cc(C(=O)N(C)C3CCOCC3)ccc2-c2ccccc2)c2cc(-c3cn4nc(OC)sc4n3)oc2c1. The Hall–Kier alpha value is -4.87. The second-order valence-electron chi connectivity index (χ2n) is 10.9. The lowest BCUT2D eigenvalue weighted by molar-refractivity contribution is 0.0362. The Bertz CT molecular complexity index is 1940. The van der Waals surface area contributed by atoms with Crippen LogP contribution in [0.15, 0.2) is 77.3 Å². The van der Waals surface area contributed by atoms with E-state index in [1.165, 1.54) is 11.3 Å². The third-order valence-corrected chi connectivity index (χ3v) is 9.02. The van der Waals surface area contributed by atoms with Crippen LogP contribution in [0.4, 0.5) is 0 Å². The van der Waals surface area contributed by atoms with Crippen LogP contribution >= 0.6 is 11.3 Å². The Balaban J connectivity index is 1.22. The first-order chi connectivity index (χ1) is 22.0. The molecular formula is C34H32N4O6S. The lowest BCUT2D eigenvalue weighted by Crippen LogP contribution is -2.40. The molecule has 1 amide bonds. The van der Waals surface area contributed by atoms with Crippen LogP contribution in [0.5, 0.6) is 16.7 Å². The maximum absolute atomic E-state index is 13.6. The van der Waals surface area contributed by atoms with E-state index in [-0.39, 0.29) is 18.6 Å². The van der Waals surface area contributed by atoms with E-state index >= 15 is 0 Å². The molecule has 0 bridgehead atoms. The number of hydrogen-bond donors (Lipinski definition) is 0. The molecule has 11 heteroatoms. The van der Waals surface area contributed by atoms with Gasteiger partial charge in [-0.05, 0) is 60.1 Å². The normalized spacial score (nSPS) is 13.8. The molecule has 45 heavy (non-hydrogen) atoms. The lowest BCUT2D eigenvalue weighted by atomic mass is 10.0. The average molecular weight is 625 g/mol. The molecular weight excluding hydrogens is 592 g/mol. The first-order valence-corrected chi connectivity index (χ1v) is 15.5. The molecule has 10 nitrogen and oxygen atoms in total. The zero-order chi connectivity index (χ0) is 30.9. The molecule has 0 saturated carbocycles. The number of nitrogens with zero attached hydrogens (tertiary/aromatic N) is 4. The van der Waals surface area contributed by atoms with Crippen molar-refractivity contribution in [2.24, 2.45) is 0 Å². The van der Waals surface area contributed by atoms with Gasteiger partial charge < -0.3 is 28.3 Å². The summed E-state index contributed by atoms with van der Waals surface area (Å²) in [5, 5.41) is 5.78. The summed E-state index contributed by atoms with van der Waals surface area (Å²) in [5.74, 6) is 1.82. The van der Waals surface area contributed by atoms with Gasteiger partial charge in [0.25, 0.3) is 11.1 Å². The van der Waals surface area contributed by atoms with Crippen LogP contribution in [0.2, 0.25) is 0 Å². The number of fused-ring (bicyclic) bond motifs is 2. The predicted molar refractivity (Wildman–Crippen MR) is 171 cm³/mol. The second kappa shape index (κ2) is 12.3. The van der Waals surface area contributed by atoms with Gasteiger partial charge in [0.05, 0.1) is 20.4 Å². The number of carbonyl (C=O) groups excluding carboxylic acids is 1. The number of amides is 1. The minimum absolute atomic E-state index is 0.0401. The minimum Gasteiger partial charge on any atom is -0.497 e. The summed E-state index contributed by atoms with van der Waals surface area (Å²) in [5.41, 5.74) is 4.64. The molecule has 0 aliphatic carbocycles. The second-order valence-corrected chi connectivity index (χ2v) is 11.8. The Morgan fingerprint density at radius 3 is 2.62 bits per heavy atom. The average Bonchev–Trinajstić information content (AvgIpc) is 3.80. The van der Waals surface area contributed by atoms with Crippen LogP contribution in [-0.4, -0.2) is 65.9 Å². The van der Waals surface area contributed by atoms with Gasteiger partial charge in [-0.25, -0.2) is 9.50 Å². The van der Waals surface area contributed by atoms with Crippen molar-refractivity contribution in [2.45, 2.75) is 25.5 Å². The highest BCUT2D eigenvalue weighted by molar-refractivity contribution is 7.18. The predicted octanol–water partition coefficient (Wildman–Crippen LogP) is 6.72. The van der Waals surface area contributed by atoms with E-state index in [4.69, 9.17) is 23.4 Å². The molecule has 3 aromatic heterocycles. The van der Waals surface area contributed by atoms with Crippen molar-refractivity contribution in [3.63, 3.8) is 0 Å². The molecule has 0 spiro atoms. The standard InChI is InChI=1S/C34H32N4O6S/c1-37(24-11-13-42-14-12-24)32(39)22-9-10-26(21-7-5-4-6-8-21)29(16-22)43-20-23-15-25(40-2)17-30-27(23)18-31(44-30)28-19-38-33(35-28)45-34(36-38)41-3/h4-10,15-19,24H,11-14,20H2,1-3H3. The molecule has 230 valence electrons. The largest absolute Gasteiger partial charge is 0.497 e. The molecule has 0 unspecified atom stereocenters. The van der Waals surface area contributed by atoms with E-state index in [1.807, 2.05) is 84.9 Å². The number of ether oxygens (including phenoxy) is 4. The van der Waals surface area contributed by atoms with Gasteiger partial charge in [0.15, 0.2) is 5.76 Å². The van der Waals surface area contributed by atoms with Crippen molar-refractivity contribution >= 4 is 33.2 Å². The topological polar surface area (TPSA) is 101 Å². The first kappa shape index (κ1) is 28.9. The number of imidazole rings is 1. The van der Waals surface area contributed by atoms with Gasteiger partial charge in [0, 0.05) is 54.4 Å². The molecule has 6 aromatic rings. The van der Waals surface area contributed by atoms with Gasteiger partial charge in [-0.1, -0.05) is 30.3 Å². The molecule has 3 aromatic carbocycles. The molecule has 7 rings (SSSR count). The third kappa shape index (κ3) is 5.72. The number of carbonyl (C=O) groups is 1. The van der Waals surface area contributed by atoms with Gasteiger partial charge in [-0.15, -0.1) is 5.10 Å². The van der Waals surface area contributed by atoms with E-state index in [1.54, 1.807) is 18.7 Å². The highest BCUT2D eigenvalue weighted by Crippen LogP contribution is 2.36. The summed E-state index contributed by atoms with van der Waals surface area (Å²) in [6.07, 6.45) is 3.47. The zero-order valence-corrected chi connectivity index (χ0v) is 26.0. The number of rotatable bonds is 9. The van der Waals surface area contributed by atoms with Crippen LogP contribution < -0.4 is 14.2 Å². The molecule has 1 aliphatic heterocycles. The Kier molecular flexibility index (Phi) is 7.86. The summed E-state index contributed by atoms with van der Waals surface area (Å²) in [7, 11) is 5.07. The minimum atomic E-state index is -0.0401. The number of aromatic nitrogens is 3. The fourth-order valence-corrected chi connectivity index (χ4v) is 6.36. The fraction of sp³-hybridized carbons (Fsp3) is 0.265. The van der Waals surface area contributed by atoms with E-state index in [9.17, 15) is 4.79 Å². The third-order valence-electron chi connectivity index (χ3n) is 8.14. The van der Waals surface area contributed by atoms with Crippen molar-refractivity contribution < 1.29 is 28.2 Å². The van der Waals surface area contributed by atoms with Crippen LogP contribution in [0.1, 0.15) is 28.8 Å². The van der Waals surface area contributed by atoms with Crippen LogP contribution in [0, 0.1) is 0 Å².